The molecule has 2 nitrogen and oxygen atoms in total. The molecule has 1 rings (SSSR count). The molecule has 0 aliphatic rings. The molecule has 11 heavy (non-hydrogen) atoms. The molecule has 0 saturated heterocycles. The van der Waals surface area contributed by atoms with Gasteiger partial charge in [-0.3, -0.25) is 4.98 Å². The Balaban J connectivity index is 0. The van der Waals surface area contributed by atoms with E-state index in [-0.39, 0.29) is 65.4 Å². The van der Waals surface area contributed by atoms with Crippen LogP contribution in [0.4, 0.5) is 0 Å². The van der Waals surface area contributed by atoms with Gasteiger partial charge >= 0.3 is 0 Å². The van der Waals surface area contributed by atoms with Gasteiger partial charge in [-0.2, -0.15) is 0 Å². The van der Waals surface area contributed by atoms with Crippen LogP contribution in [0.25, 0.3) is 0 Å². The second-order valence-corrected chi connectivity index (χ2v) is 2.09. The molecule has 0 amide bonds. The van der Waals surface area contributed by atoms with Crippen molar-refractivity contribution in [3.05, 3.63) is 23.3 Å². The van der Waals surface area contributed by atoms with Crippen LogP contribution in [-0.2, 0) is 65.4 Å². The predicted molar refractivity (Wildman–Crippen MR) is 35.1 cm³/mol. The van der Waals surface area contributed by atoms with E-state index >= 15 is 0 Å². The topological polar surface area (TPSA) is 25.8 Å². The van der Waals surface area contributed by atoms with Crippen LogP contribution in [0.15, 0.2) is 0 Å². The molecule has 1 aromatic heterocycles. The van der Waals surface area contributed by atoms with Gasteiger partial charge in [-0.05, 0) is 25.2 Å². The van der Waals surface area contributed by atoms with Crippen molar-refractivity contribution in [2.45, 2.75) is 20.8 Å². The molecule has 2 radical (unpaired) electrons. The number of hydrogen-bond donors (Lipinski definition) is 0. The molecule has 0 atom stereocenters. The second kappa shape index (κ2) is 6.77. The summed E-state index contributed by atoms with van der Waals surface area (Å²) in [5.41, 5.74) is 2.81. The van der Waals surface area contributed by atoms with E-state index in [0.29, 0.717) is 0 Å². The first kappa shape index (κ1) is 14.8. The molecule has 0 aliphatic heterocycles. The molecule has 1 aromatic rings. The van der Waals surface area contributed by atoms with Crippen LogP contribution in [0.5, 0.6) is 0 Å². The summed E-state index contributed by atoms with van der Waals surface area (Å²) in [5, 5.41) is 0. The molecule has 0 unspecified atom stereocenters. The SMILES string of the molecule is Cc1[c-]nc(C)c(C)n1.[Y].[Y]. The minimum Gasteiger partial charge on any atom is -0.453 e. The molecule has 0 spiro atoms. The molecule has 0 bridgehead atoms. The predicted octanol–water partition coefficient (Wildman–Crippen LogP) is 1.20. The van der Waals surface area contributed by atoms with Crippen LogP contribution in [0.3, 0.4) is 0 Å². The first-order valence-corrected chi connectivity index (χ1v) is 2.89. The molecule has 0 fully saturated rings. The van der Waals surface area contributed by atoms with E-state index in [0.717, 1.165) is 17.1 Å². The normalized spacial score (nSPS) is 7.91. The van der Waals surface area contributed by atoms with Crippen LogP contribution in [-0.4, -0.2) is 9.97 Å². The van der Waals surface area contributed by atoms with Crippen molar-refractivity contribution in [2.75, 3.05) is 0 Å². The third-order valence-corrected chi connectivity index (χ3v) is 1.24. The van der Waals surface area contributed by atoms with Crippen molar-refractivity contribution in [1.29, 1.82) is 0 Å². The van der Waals surface area contributed by atoms with E-state index in [1.807, 2.05) is 20.8 Å². The summed E-state index contributed by atoms with van der Waals surface area (Å²) >= 11 is 0. The number of nitrogens with zero attached hydrogens (tertiary/aromatic N) is 2. The molecule has 0 N–H and O–H groups in total. The number of aromatic nitrogens is 2. The molecule has 54 valence electrons. The zero-order valence-corrected chi connectivity index (χ0v) is 12.7. The Kier molecular flexibility index (Phi) is 9.10. The summed E-state index contributed by atoms with van der Waals surface area (Å²) in [5.74, 6) is 0. The van der Waals surface area contributed by atoms with Crippen molar-refractivity contribution < 1.29 is 65.4 Å². The van der Waals surface area contributed by atoms with E-state index in [2.05, 4.69) is 16.2 Å². The van der Waals surface area contributed by atoms with Crippen LogP contribution < -0.4 is 0 Å². The van der Waals surface area contributed by atoms with Crippen molar-refractivity contribution in [3.63, 3.8) is 0 Å². The maximum atomic E-state index is 4.16. The van der Waals surface area contributed by atoms with Gasteiger partial charge in [0.05, 0.1) is 0 Å². The molecule has 0 aliphatic carbocycles. The summed E-state index contributed by atoms with van der Waals surface area (Å²) in [4.78, 5) is 8.15. The Hall–Kier alpha value is 1.29. The van der Waals surface area contributed by atoms with Crippen molar-refractivity contribution >= 4 is 0 Å². The quantitative estimate of drug-likeness (QED) is 0.673. The van der Waals surface area contributed by atoms with Crippen molar-refractivity contribution in [1.82, 2.24) is 9.97 Å². The van der Waals surface area contributed by atoms with E-state index in [4.69, 9.17) is 0 Å². The summed E-state index contributed by atoms with van der Waals surface area (Å²) in [6.07, 6.45) is 2.78. The van der Waals surface area contributed by atoms with E-state index in [1.165, 1.54) is 0 Å². The van der Waals surface area contributed by atoms with E-state index in [1.54, 1.807) is 0 Å². The van der Waals surface area contributed by atoms with Crippen molar-refractivity contribution in [3.8, 4) is 0 Å². The molecule has 0 aromatic carbocycles. The maximum Gasteiger partial charge on any atom is 0 e. The van der Waals surface area contributed by atoms with Gasteiger partial charge in [0.1, 0.15) is 0 Å². The third-order valence-electron chi connectivity index (χ3n) is 1.24. The Labute approximate surface area is 118 Å². The van der Waals surface area contributed by atoms with Gasteiger partial charge in [0.25, 0.3) is 0 Å². The summed E-state index contributed by atoms with van der Waals surface area (Å²) in [7, 11) is 0. The smallest absolute Gasteiger partial charge is 0 e. The van der Waals surface area contributed by atoms with Gasteiger partial charge in [0, 0.05) is 65.4 Å². The Bertz CT molecular complexity index is 226. The van der Waals surface area contributed by atoms with E-state index in [9.17, 15) is 0 Å². The molecule has 4 heteroatoms. The summed E-state index contributed by atoms with van der Waals surface area (Å²) < 4.78 is 0. The van der Waals surface area contributed by atoms with Crippen LogP contribution in [0.2, 0.25) is 0 Å². The molecular formula is C7H9N2Y2-. The van der Waals surface area contributed by atoms with Crippen LogP contribution in [0.1, 0.15) is 17.1 Å². The fourth-order valence-corrected chi connectivity index (χ4v) is 0.603. The average Bonchev–Trinajstić information content (AvgIpc) is 1.80. The van der Waals surface area contributed by atoms with Gasteiger partial charge in [-0.1, -0.05) is 12.6 Å². The standard InChI is InChI=1S/C7H9N2.2Y/c1-5-4-8-6(2)7(3)9-5;;/h1-3H3;;/q-1;;. The molecule has 0 saturated carbocycles. The summed E-state index contributed by atoms with van der Waals surface area (Å²) in [6, 6.07) is 0. The second-order valence-electron chi connectivity index (χ2n) is 2.09. The Morgan fingerprint density at radius 1 is 1.00 bits per heavy atom. The van der Waals surface area contributed by atoms with Crippen molar-refractivity contribution in [2.24, 2.45) is 0 Å². The maximum absolute atomic E-state index is 4.16. The first-order valence-electron chi connectivity index (χ1n) is 2.89. The van der Waals surface area contributed by atoms with Gasteiger partial charge < -0.3 is 4.98 Å². The minimum absolute atomic E-state index is 0. The average molecular weight is 299 g/mol. The fraction of sp³-hybridized carbons (Fsp3) is 0.429. The summed E-state index contributed by atoms with van der Waals surface area (Å²) in [6.45, 7) is 5.76. The number of hydrogen-bond acceptors (Lipinski definition) is 2. The van der Waals surface area contributed by atoms with Gasteiger partial charge in [0.15, 0.2) is 0 Å². The van der Waals surface area contributed by atoms with Gasteiger partial charge in [-0.25, -0.2) is 0 Å². The van der Waals surface area contributed by atoms with Gasteiger partial charge in [0.2, 0.25) is 0 Å². The Morgan fingerprint density at radius 2 is 1.55 bits per heavy atom. The third kappa shape index (κ3) is 4.77. The van der Waals surface area contributed by atoms with Crippen LogP contribution in [0, 0.1) is 27.0 Å². The zero-order valence-electron chi connectivity index (χ0n) is 7.05. The Morgan fingerprint density at radius 3 is 1.91 bits per heavy atom. The van der Waals surface area contributed by atoms with Gasteiger partial charge in [-0.15, -0.1) is 6.20 Å². The monoisotopic (exact) mass is 299 g/mol. The van der Waals surface area contributed by atoms with E-state index < -0.39 is 0 Å². The van der Waals surface area contributed by atoms with Crippen LogP contribution >= 0.6 is 0 Å². The largest absolute Gasteiger partial charge is 0.453 e. The minimum atomic E-state index is 0. The number of rotatable bonds is 0. The molecule has 1 heterocycles. The zero-order chi connectivity index (χ0) is 6.85. The number of aryl methyl sites for hydroxylation is 3. The fourth-order valence-electron chi connectivity index (χ4n) is 0.603. The molecular weight excluding hydrogens is 290 g/mol. The first-order chi connectivity index (χ1) is 4.20.